The van der Waals surface area contributed by atoms with Gasteiger partial charge < -0.3 is 11.1 Å². The number of rotatable bonds is 4. The van der Waals surface area contributed by atoms with Gasteiger partial charge in [0, 0.05) is 16.5 Å². The van der Waals surface area contributed by atoms with E-state index >= 15 is 0 Å². The van der Waals surface area contributed by atoms with Gasteiger partial charge in [-0.3, -0.25) is 9.59 Å². The topological polar surface area (TPSA) is 72.2 Å². The Hall–Kier alpha value is -2.18. The van der Waals surface area contributed by atoms with Crippen molar-refractivity contribution in [3.05, 3.63) is 56.7 Å². The van der Waals surface area contributed by atoms with E-state index in [2.05, 4.69) is 5.32 Å². The van der Waals surface area contributed by atoms with Gasteiger partial charge in [-0.25, -0.2) is 4.39 Å². The van der Waals surface area contributed by atoms with Crippen molar-refractivity contribution in [1.82, 2.24) is 0 Å². The van der Waals surface area contributed by atoms with E-state index in [-0.39, 0.29) is 10.6 Å². The van der Waals surface area contributed by atoms with Gasteiger partial charge in [0.1, 0.15) is 10.8 Å². The van der Waals surface area contributed by atoms with Gasteiger partial charge in [-0.05, 0) is 49.5 Å². The van der Waals surface area contributed by atoms with E-state index in [1.165, 1.54) is 35.6 Å². The maximum atomic E-state index is 13.7. The van der Waals surface area contributed by atoms with E-state index in [0.717, 1.165) is 36.1 Å². The monoisotopic (exact) mass is 378 g/mol. The van der Waals surface area contributed by atoms with Gasteiger partial charge >= 0.3 is 0 Å². The van der Waals surface area contributed by atoms with Crippen LogP contribution < -0.4 is 11.1 Å². The predicted molar refractivity (Wildman–Crippen MR) is 98.6 cm³/mol. The molecule has 7 heteroatoms. The van der Waals surface area contributed by atoms with Gasteiger partial charge in [-0.1, -0.05) is 17.7 Å². The SMILES string of the molecule is NC(=O)c1c(NC(=O)C=Cc2c(F)cccc2Cl)sc2c1CCCC2. The van der Waals surface area contributed by atoms with E-state index in [0.29, 0.717) is 10.6 Å². The number of carbonyl (C=O) groups excluding carboxylic acids is 2. The molecule has 1 aliphatic rings. The molecule has 4 nitrogen and oxygen atoms in total. The van der Waals surface area contributed by atoms with Crippen LogP contribution in [0.5, 0.6) is 0 Å². The van der Waals surface area contributed by atoms with Crippen LogP contribution in [0.25, 0.3) is 6.08 Å². The first-order valence-corrected chi connectivity index (χ1v) is 9.04. The lowest BCUT2D eigenvalue weighted by atomic mass is 9.95. The zero-order valence-electron chi connectivity index (χ0n) is 13.3. The molecule has 0 spiro atoms. The number of thiophene rings is 1. The van der Waals surface area contributed by atoms with E-state index < -0.39 is 17.6 Å². The predicted octanol–water partition coefficient (Wildman–Crippen LogP) is 4.17. The minimum atomic E-state index is -0.546. The fourth-order valence-electron chi connectivity index (χ4n) is 2.90. The first-order valence-electron chi connectivity index (χ1n) is 7.84. The number of nitrogens with one attached hydrogen (secondary N) is 1. The van der Waals surface area contributed by atoms with Crippen molar-refractivity contribution < 1.29 is 14.0 Å². The van der Waals surface area contributed by atoms with Gasteiger partial charge in [-0.15, -0.1) is 11.3 Å². The lowest BCUT2D eigenvalue weighted by Crippen LogP contribution is -2.17. The number of aryl methyl sites for hydroxylation is 1. The molecule has 0 bridgehead atoms. The average molecular weight is 379 g/mol. The molecule has 25 heavy (non-hydrogen) atoms. The third-order valence-corrected chi connectivity index (χ3v) is 5.59. The lowest BCUT2D eigenvalue weighted by Gasteiger charge is -2.11. The molecule has 0 radical (unpaired) electrons. The van der Waals surface area contributed by atoms with Crippen molar-refractivity contribution in [3.8, 4) is 0 Å². The van der Waals surface area contributed by atoms with Gasteiger partial charge in [0.25, 0.3) is 5.91 Å². The molecular weight excluding hydrogens is 363 g/mol. The van der Waals surface area contributed by atoms with Crippen LogP contribution in [0.4, 0.5) is 9.39 Å². The minimum Gasteiger partial charge on any atom is -0.365 e. The van der Waals surface area contributed by atoms with Gasteiger partial charge in [-0.2, -0.15) is 0 Å². The molecule has 1 aromatic heterocycles. The summed E-state index contributed by atoms with van der Waals surface area (Å²) in [6.45, 7) is 0. The standard InChI is InChI=1S/C18H16ClFN2O2S/c19-12-5-3-6-13(20)10(12)8-9-15(23)22-18-16(17(21)24)11-4-1-2-7-14(11)25-18/h3,5-6,8-9H,1-2,4,7H2,(H2,21,24)(H,22,23). The lowest BCUT2D eigenvalue weighted by molar-refractivity contribution is -0.111. The molecule has 2 aromatic rings. The highest BCUT2D eigenvalue weighted by Crippen LogP contribution is 2.37. The minimum absolute atomic E-state index is 0.139. The third kappa shape index (κ3) is 3.75. The number of amides is 2. The van der Waals surface area contributed by atoms with Gasteiger partial charge in [0.05, 0.1) is 10.6 Å². The number of fused-ring (bicyclic) bond motifs is 1. The van der Waals surface area contributed by atoms with Crippen molar-refractivity contribution in [2.45, 2.75) is 25.7 Å². The number of halogens is 2. The van der Waals surface area contributed by atoms with Crippen LogP contribution >= 0.6 is 22.9 Å². The maximum absolute atomic E-state index is 13.7. The van der Waals surface area contributed by atoms with Crippen molar-refractivity contribution in [1.29, 1.82) is 0 Å². The van der Waals surface area contributed by atoms with Crippen molar-refractivity contribution in [2.75, 3.05) is 5.32 Å². The molecular formula is C18H16ClFN2O2S. The summed E-state index contributed by atoms with van der Waals surface area (Å²) in [4.78, 5) is 25.1. The Balaban J connectivity index is 1.83. The quantitative estimate of drug-likeness (QED) is 0.784. The van der Waals surface area contributed by atoms with Crippen LogP contribution in [0.2, 0.25) is 5.02 Å². The summed E-state index contributed by atoms with van der Waals surface area (Å²) < 4.78 is 13.7. The fraction of sp³-hybridized carbons (Fsp3) is 0.222. The van der Waals surface area contributed by atoms with Crippen LogP contribution in [0.3, 0.4) is 0 Å². The number of nitrogens with two attached hydrogens (primary N) is 1. The molecule has 130 valence electrons. The summed E-state index contributed by atoms with van der Waals surface area (Å²) >= 11 is 7.31. The molecule has 0 fully saturated rings. The molecule has 0 aliphatic heterocycles. The number of hydrogen-bond donors (Lipinski definition) is 2. The number of carbonyl (C=O) groups is 2. The zero-order chi connectivity index (χ0) is 18.0. The highest BCUT2D eigenvalue weighted by molar-refractivity contribution is 7.17. The number of primary amides is 1. The fourth-order valence-corrected chi connectivity index (χ4v) is 4.42. The second-order valence-electron chi connectivity index (χ2n) is 5.74. The summed E-state index contributed by atoms with van der Waals surface area (Å²) in [5, 5.41) is 3.35. The summed E-state index contributed by atoms with van der Waals surface area (Å²) in [5.74, 6) is -1.53. The normalized spacial score (nSPS) is 13.7. The maximum Gasteiger partial charge on any atom is 0.251 e. The summed E-state index contributed by atoms with van der Waals surface area (Å²) in [6.07, 6.45) is 6.24. The van der Waals surface area contributed by atoms with Crippen LogP contribution in [-0.4, -0.2) is 11.8 Å². The number of anilines is 1. The highest BCUT2D eigenvalue weighted by Gasteiger charge is 2.24. The molecule has 0 atom stereocenters. The molecule has 3 rings (SSSR count). The smallest absolute Gasteiger partial charge is 0.251 e. The van der Waals surface area contributed by atoms with Crippen molar-refractivity contribution in [3.63, 3.8) is 0 Å². The first-order chi connectivity index (χ1) is 12.0. The number of benzene rings is 1. The Labute approximate surface area is 153 Å². The molecule has 1 aliphatic carbocycles. The third-order valence-electron chi connectivity index (χ3n) is 4.06. The molecule has 1 aromatic carbocycles. The average Bonchev–Trinajstić information content (AvgIpc) is 2.92. The molecule has 2 amide bonds. The van der Waals surface area contributed by atoms with Crippen LogP contribution in [0.15, 0.2) is 24.3 Å². The molecule has 3 N–H and O–H groups in total. The Morgan fingerprint density at radius 1 is 1.28 bits per heavy atom. The molecule has 0 unspecified atom stereocenters. The van der Waals surface area contributed by atoms with Crippen LogP contribution in [0.1, 0.15) is 39.2 Å². The number of hydrogen-bond acceptors (Lipinski definition) is 3. The largest absolute Gasteiger partial charge is 0.365 e. The Bertz CT molecular complexity index is 856. The van der Waals surface area contributed by atoms with Crippen LogP contribution in [0, 0.1) is 5.82 Å². The Morgan fingerprint density at radius 2 is 2.04 bits per heavy atom. The second kappa shape index (κ2) is 7.37. The molecule has 1 heterocycles. The summed E-state index contributed by atoms with van der Waals surface area (Å²) in [6, 6.07) is 4.30. The van der Waals surface area contributed by atoms with Gasteiger partial charge in [0.15, 0.2) is 0 Å². The van der Waals surface area contributed by atoms with E-state index in [1.807, 2.05) is 0 Å². The van der Waals surface area contributed by atoms with E-state index in [1.54, 1.807) is 6.07 Å². The van der Waals surface area contributed by atoms with Gasteiger partial charge in [0.2, 0.25) is 5.91 Å². The van der Waals surface area contributed by atoms with E-state index in [9.17, 15) is 14.0 Å². The molecule has 0 saturated carbocycles. The highest BCUT2D eigenvalue weighted by atomic mass is 35.5. The van der Waals surface area contributed by atoms with Crippen LogP contribution in [-0.2, 0) is 17.6 Å². The zero-order valence-corrected chi connectivity index (χ0v) is 14.8. The Morgan fingerprint density at radius 3 is 2.76 bits per heavy atom. The first kappa shape index (κ1) is 17.6. The Kier molecular flexibility index (Phi) is 5.20. The van der Waals surface area contributed by atoms with Crippen molar-refractivity contribution in [2.24, 2.45) is 5.73 Å². The second-order valence-corrected chi connectivity index (χ2v) is 7.25. The summed E-state index contributed by atoms with van der Waals surface area (Å²) in [7, 11) is 0. The summed E-state index contributed by atoms with van der Waals surface area (Å²) in [5.41, 5.74) is 6.97. The molecule has 0 saturated heterocycles. The van der Waals surface area contributed by atoms with Crippen molar-refractivity contribution >= 4 is 45.8 Å². The van der Waals surface area contributed by atoms with E-state index in [4.69, 9.17) is 17.3 Å².